The van der Waals surface area contributed by atoms with Crippen LogP contribution in [0.5, 0.6) is 0 Å². The molecule has 1 fully saturated rings. The van der Waals surface area contributed by atoms with Crippen molar-refractivity contribution < 1.29 is 5.11 Å². The van der Waals surface area contributed by atoms with Crippen LogP contribution in [-0.2, 0) is 6.54 Å². The van der Waals surface area contributed by atoms with Gasteiger partial charge >= 0.3 is 0 Å². The van der Waals surface area contributed by atoms with Crippen molar-refractivity contribution in [2.45, 2.75) is 19.9 Å². The number of para-hydroxylation sites is 1. The third kappa shape index (κ3) is 2.99. The molecule has 94 valence electrons. The van der Waals surface area contributed by atoms with Crippen molar-refractivity contribution >= 4 is 5.69 Å². The number of aliphatic hydroxyl groups excluding tert-OH is 1. The molecular weight excluding hydrogens is 212 g/mol. The average Bonchev–Trinajstić information content (AvgIpc) is 2.85. The minimum Gasteiger partial charge on any atom is -0.396 e. The molecule has 1 atom stereocenters. The third-order valence-electron chi connectivity index (χ3n) is 3.44. The van der Waals surface area contributed by atoms with Crippen molar-refractivity contribution in [3.8, 4) is 0 Å². The predicted octanol–water partition coefficient (Wildman–Crippen LogP) is 1.61. The van der Waals surface area contributed by atoms with E-state index in [2.05, 4.69) is 41.4 Å². The quantitative estimate of drug-likeness (QED) is 0.812. The molecular formula is C14H22N2O. The largest absolute Gasteiger partial charge is 0.396 e. The van der Waals surface area contributed by atoms with Gasteiger partial charge in [-0.1, -0.05) is 25.1 Å². The Labute approximate surface area is 103 Å². The maximum Gasteiger partial charge on any atom is 0.0476 e. The summed E-state index contributed by atoms with van der Waals surface area (Å²) in [7, 11) is 0. The maximum absolute atomic E-state index is 9.20. The Morgan fingerprint density at radius 1 is 1.41 bits per heavy atom. The van der Waals surface area contributed by atoms with Gasteiger partial charge in [-0.3, -0.25) is 0 Å². The number of benzene rings is 1. The normalized spacial score (nSPS) is 19.9. The van der Waals surface area contributed by atoms with Crippen LogP contribution in [0.4, 0.5) is 5.69 Å². The second kappa shape index (κ2) is 6.03. The molecule has 0 bridgehead atoms. The molecule has 1 aliphatic rings. The lowest BCUT2D eigenvalue weighted by Crippen LogP contribution is -2.23. The van der Waals surface area contributed by atoms with Crippen molar-refractivity contribution in [2.24, 2.45) is 5.92 Å². The lowest BCUT2D eigenvalue weighted by atomic mass is 10.1. The molecule has 1 aliphatic heterocycles. The molecule has 0 amide bonds. The van der Waals surface area contributed by atoms with Gasteiger partial charge in [0.15, 0.2) is 0 Å². The minimum absolute atomic E-state index is 0.311. The van der Waals surface area contributed by atoms with Crippen LogP contribution in [0.25, 0.3) is 0 Å². The Balaban J connectivity index is 2.09. The van der Waals surface area contributed by atoms with Crippen molar-refractivity contribution in [2.75, 3.05) is 31.1 Å². The molecule has 17 heavy (non-hydrogen) atoms. The van der Waals surface area contributed by atoms with Gasteiger partial charge in [-0.15, -0.1) is 0 Å². The molecule has 1 aromatic rings. The monoisotopic (exact) mass is 234 g/mol. The topological polar surface area (TPSA) is 35.5 Å². The summed E-state index contributed by atoms with van der Waals surface area (Å²) in [6.45, 7) is 6.40. The van der Waals surface area contributed by atoms with Gasteiger partial charge in [0.05, 0.1) is 0 Å². The first kappa shape index (κ1) is 12.4. The zero-order chi connectivity index (χ0) is 12.1. The van der Waals surface area contributed by atoms with Gasteiger partial charge < -0.3 is 15.3 Å². The summed E-state index contributed by atoms with van der Waals surface area (Å²) in [5.41, 5.74) is 2.68. The molecule has 2 N–H and O–H groups in total. The van der Waals surface area contributed by atoms with Gasteiger partial charge in [-0.2, -0.15) is 0 Å². The molecule has 0 saturated carbocycles. The van der Waals surface area contributed by atoms with Crippen molar-refractivity contribution in [3.05, 3.63) is 29.8 Å². The number of aliphatic hydroxyl groups is 1. The fraction of sp³-hybridized carbons (Fsp3) is 0.571. The lowest BCUT2D eigenvalue weighted by Gasteiger charge is -2.22. The number of hydrogen-bond acceptors (Lipinski definition) is 3. The fourth-order valence-corrected chi connectivity index (χ4v) is 2.43. The van der Waals surface area contributed by atoms with Crippen molar-refractivity contribution in [1.82, 2.24) is 5.32 Å². The summed E-state index contributed by atoms with van der Waals surface area (Å²) in [6, 6.07) is 8.56. The SMILES string of the molecule is CCNCc1ccccc1N1CCC(CO)C1. The van der Waals surface area contributed by atoms with Gasteiger partial charge in [-0.05, 0) is 24.6 Å². The molecule has 0 aliphatic carbocycles. The zero-order valence-electron chi connectivity index (χ0n) is 10.5. The van der Waals surface area contributed by atoms with Crippen LogP contribution >= 0.6 is 0 Å². The predicted molar refractivity (Wildman–Crippen MR) is 71.2 cm³/mol. The Morgan fingerprint density at radius 2 is 2.24 bits per heavy atom. The molecule has 3 nitrogen and oxygen atoms in total. The number of rotatable bonds is 5. The Morgan fingerprint density at radius 3 is 2.94 bits per heavy atom. The van der Waals surface area contributed by atoms with E-state index < -0.39 is 0 Å². The molecule has 3 heteroatoms. The van der Waals surface area contributed by atoms with Crippen LogP contribution in [0, 0.1) is 5.92 Å². The van der Waals surface area contributed by atoms with E-state index in [9.17, 15) is 5.11 Å². The highest BCUT2D eigenvalue weighted by molar-refractivity contribution is 5.54. The van der Waals surface area contributed by atoms with Gasteiger partial charge in [0.2, 0.25) is 0 Å². The van der Waals surface area contributed by atoms with E-state index >= 15 is 0 Å². The first-order chi connectivity index (χ1) is 8.35. The first-order valence-corrected chi connectivity index (χ1v) is 6.49. The fourth-order valence-electron chi connectivity index (χ4n) is 2.43. The second-order valence-electron chi connectivity index (χ2n) is 4.69. The molecule has 1 heterocycles. The smallest absolute Gasteiger partial charge is 0.0476 e. The lowest BCUT2D eigenvalue weighted by molar-refractivity contribution is 0.238. The summed E-state index contributed by atoms with van der Waals surface area (Å²) < 4.78 is 0. The number of hydrogen-bond donors (Lipinski definition) is 2. The van der Waals surface area contributed by atoms with E-state index in [1.54, 1.807) is 0 Å². The molecule has 0 spiro atoms. The molecule has 1 aromatic carbocycles. The summed E-state index contributed by atoms with van der Waals surface area (Å²) in [5, 5.41) is 12.6. The van der Waals surface area contributed by atoms with Crippen LogP contribution in [0.2, 0.25) is 0 Å². The van der Waals surface area contributed by atoms with Crippen LogP contribution in [0.15, 0.2) is 24.3 Å². The summed E-state index contributed by atoms with van der Waals surface area (Å²) >= 11 is 0. The molecule has 1 saturated heterocycles. The van der Waals surface area contributed by atoms with E-state index in [0.717, 1.165) is 32.6 Å². The zero-order valence-corrected chi connectivity index (χ0v) is 10.5. The van der Waals surface area contributed by atoms with Crippen molar-refractivity contribution in [1.29, 1.82) is 0 Å². The Kier molecular flexibility index (Phi) is 4.40. The maximum atomic E-state index is 9.20. The van der Waals surface area contributed by atoms with E-state index in [1.807, 2.05) is 0 Å². The van der Waals surface area contributed by atoms with E-state index in [4.69, 9.17) is 0 Å². The summed E-state index contributed by atoms with van der Waals surface area (Å²) in [5.74, 6) is 0.446. The minimum atomic E-state index is 0.311. The highest BCUT2D eigenvalue weighted by Crippen LogP contribution is 2.26. The number of nitrogens with zero attached hydrogens (tertiary/aromatic N) is 1. The third-order valence-corrected chi connectivity index (χ3v) is 3.44. The highest BCUT2D eigenvalue weighted by Gasteiger charge is 2.23. The van der Waals surface area contributed by atoms with Crippen molar-refractivity contribution in [3.63, 3.8) is 0 Å². The molecule has 0 radical (unpaired) electrons. The summed E-state index contributed by atoms with van der Waals surface area (Å²) in [6.07, 6.45) is 1.10. The van der Waals surface area contributed by atoms with Crippen LogP contribution in [0.3, 0.4) is 0 Å². The van der Waals surface area contributed by atoms with Gasteiger partial charge in [0.1, 0.15) is 0 Å². The number of nitrogens with one attached hydrogen (secondary N) is 1. The Bertz CT molecular complexity index is 354. The van der Waals surface area contributed by atoms with Crippen LogP contribution < -0.4 is 10.2 Å². The van der Waals surface area contributed by atoms with Gasteiger partial charge in [-0.25, -0.2) is 0 Å². The van der Waals surface area contributed by atoms with E-state index in [-0.39, 0.29) is 0 Å². The standard InChI is InChI=1S/C14H22N2O/c1-2-15-9-13-5-3-4-6-14(13)16-8-7-12(10-16)11-17/h3-6,12,15,17H,2,7-11H2,1H3. The van der Waals surface area contributed by atoms with Gasteiger partial charge in [0, 0.05) is 37.8 Å². The molecule has 0 aromatic heterocycles. The second-order valence-corrected chi connectivity index (χ2v) is 4.69. The van der Waals surface area contributed by atoms with Crippen LogP contribution in [-0.4, -0.2) is 31.3 Å². The molecule has 2 rings (SSSR count). The number of anilines is 1. The van der Waals surface area contributed by atoms with E-state index in [1.165, 1.54) is 11.3 Å². The Hall–Kier alpha value is -1.06. The van der Waals surface area contributed by atoms with E-state index in [0.29, 0.717) is 12.5 Å². The summed E-state index contributed by atoms with van der Waals surface area (Å²) in [4.78, 5) is 2.40. The van der Waals surface area contributed by atoms with Crippen LogP contribution in [0.1, 0.15) is 18.9 Å². The first-order valence-electron chi connectivity index (χ1n) is 6.49. The van der Waals surface area contributed by atoms with Gasteiger partial charge in [0.25, 0.3) is 0 Å². The average molecular weight is 234 g/mol. The molecule has 1 unspecified atom stereocenters. The highest BCUT2D eigenvalue weighted by atomic mass is 16.3.